The lowest BCUT2D eigenvalue weighted by atomic mass is 9.99. The third-order valence-electron chi connectivity index (χ3n) is 2.36. The average Bonchev–Trinajstić information content (AvgIpc) is 2.13. The minimum atomic E-state index is -0.417. The summed E-state index contributed by atoms with van der Waals surface area (Å²) in [5.74, 6) is 0.293. The lowest BCUT2D eigenvalue weighted by molar-refractivity contribution is 0.440. The fraction of sp³-hybridized carbons (Fsp3) is 0.455. The molecule has 3 N–H and O–H groups in total. The number of halogens is 1. The molecule has 0 fully saturated rings. The van der Waals surface area contributed by atoms with Crippen LogP contribution in [-0.2, 0) is 0 Å². The predicted octanol–water partition coefficient (Wildman–Crippen LogP) is 2.37. The molecule has 0 amide bonds. The van der Waals surface area contributed by atoms with Crippen molar-refractivity contribution in [2.24, 2.45) is 5.73 Å². The maximum absolute atomic E-state index is 12.1. The number of phenolic OH excluding ortho intramolecular Hbond substituents is 1. The van der Waals surface area contributed by atoms with Gasteiger partial charge in [-0.25, -0.2) is 0 Å². The largest absolute Gasteiger partial charge is 0.507 e. The van der Waals surface area contributed by atoms with Gasteiger partial charge >= 0.3 is 0 Å². The lowest BCUT2D eigenvalue weighted by Gasteiger charge is -2.13. The van der Waals surface area contributed by atoms with Crippen molar-refractivity contribution in [2.45, 2.75) is 26.3 Å². The molecule has 78 valence electrons. The number of aromatic hydroxyl groups is 1. The summed E-state index contributed by atoms with van der Waals surface area (Å²) in [6, 6.07) is 3.34. The van der Waals surface area contributed by atoms with Crippen molar-refractivity contribution in [3.8, 4) is 5.75 Å². The molecule has 0 saturated heterocycles. The highest BCUT2D eigenvalue weighted by atomic mass is 19.1. The number of alkyl halides is 1. The van der Waals surface area contributed by atoms with Gasteiger partial charge in [0.05, 0.1) is 6.67 Å². The van der Waals surface area contributed by atoms with Crippen LogP contribution >= 0.6 is 0 Å². The third kappa shape index (κ3) is 2.23. The SMILES string of the molecule is Cc1cc([C@H](N)CCF)cc(C)c1O. The maximum atomic E-state index is 12.1. The monoisotopic (exact) mass is 197 g/mol. The van der Waals surface area contributed by atoms with Gasteiger partial charge in [0.2, 0.25) is 0 Å². The molecular weight excluding hydrogens is 181 g/mol. The van der Waals surface area contributed by atoms with Gasteiger partial charge in [-0.3, -0.25) is 4.39 Å². The Kier molecular flexibility index (Phi) is 3.47. The Hall–Kier alpha value is -1.09. The fourth-order valence-corrected chi connectivity index (χ4v) is 1.49. The Morgan fingerprint density at radius 1 is 1.36 bits per heavy atom. The molecule has 1 atom stereocenters. The molecule has 0 heterocycles. The van der Waals surface area contributed by atoms with E-state index >= 15 is 0 Å². The Morgan fingerprint density at radius 2 is 1.86 bits per heavy atom. The van der Waals surface area contributed by atoms with Crippen LogP contribution < -0.4 is 5.73 Å². The number of nitrogens with two attached hydrogens (primary N) is 1. The molecule has 1 rings (SSSR count). The van der Waals surface area contributed by atoms with Crippen LogP contribution in [0.25, 0.3) is 0 Å². The molecule has 0 unspecified atom stereocenters. The first-order chi connectivity index (χ1) is 6.56. The smallest absolute Gasteiger partial charge is 0.121 e. The molecule has 1 aromatic rings. The highest BCUT2D eigenvalue weighted by Crippen LogP contribution is 2.26. The number of phenols is 1. The Labute approximate surface area is 83.6 Å². The van der Waals surface area contributed by atoms with Gasteiger partial charge in [-0.15, -0.1) is 0 Å². The molecule has 2 nitrogen and oxygen atoms in total. The van der Waals surface area contributed by atoms with Crippen molar-refractivity contribution in [3.05, 3.63) is 28.8 Å². The maximum Gasteiger partial charge on any atom is 0.121 e. The summed E-state index contributed by atoms with van der Waals surface area (Å²) in [5.41, 5.74) is 8.23. The average molecular weight is 197 g/mol. The minimum Gasteiger partial charge on any atom is -0.507 e. The van der Waals surface area contributed by atoms with Gasteiger partial charge in [0.15, 0.2) is 0 Å². The van der Waals surface area contributed by atoms with Crippen molar-refractivity contribution in [2.75, 3.05) is 6.67 Å². The zero-order valence-corrected chi connectivity index (χ0v) is 8.55. The molecule has 0 spiro atoms. The van der Waals surface area contributed by atoms with Crippen molar-refractivity contribution in [3.63, 3.8) is 0 Å². The summed E-state index contributed by atoms with van der Waals surface area (Å²) < 4.78 is 12.1. The minimum absolute atomic E-state index is 0.280. The van der Waals surface area contributed by atoms with E-state index in [1.54, 1.807) is 0 Å². The Balaban J connectivity index is 3.00. The van der Waals surface area contributed by atoms with Gasteiger partial charge in [-0.2, -0.15) is 0 Å². The molecular formula is C11H16FNO. The normalized spacial score (nSPS) is 12.9. The van der Waals surface area contributed by atoms with Gasteiger partial charge in [0, 0.05) is 6.04 Å². The van der Waals surface area contributed by atoms with Crippen LogP contribution in [0.5, 0.6) is 5.75 Å². The van der Waals surface area contributed by atoms with E-state index in [0.29, 0.717) is 12.2 Å². The van der Waals surface area contributed by atoms with Crippen molar-refractivity contribution in [1.29, 1.82) is 0 Å². The molecule has 0 aliphatic carbocycles. The van der Waals surface area contributed by atoms with Crippen LogP contribution in [0.4, 0.5) is 4.39 Å². The molecule has 0 bridgehead atoms. The number of aryl methyl sites for hydroxylation is 2. The summed E-state index contributed by atoms with van der Waals surface area (Å²) in [4.78, 5) is 0. The van der Waals surface area contributed by atoms with Crippen LogP contribution in [0.2, 0.25) is 0 Å². The number of benzene rings is 1. The van der Waals surface area contributed by atoms with Gasteiger partial charge in [-0.05, 0) is 37.0 Å². The molecule has 3 heteroatoms. The highest BCUT2D eigenvalue weighted by Gasteiger charge is 2.09. The van der Waals surface area contributed by atoms with Gasteiger partial charge in [0.1, 0.15) is 5.75 Å². The second-order valence-electron chi connectivity index (χ2n) is 3.59. The summed E-state index contributed by atoms with van der Waals surface area (Å²) >= 11 is 0. The van der Waals surface area contributed by atoms with E-state index in [1.807, 2.05) is 26.0 Å². The van der Waals surface area contributed by atoms with Crippen LogP contribution in [0.1, 0.15) is 29.2 Å². The van der Waals surface area contributed by atoms with Gasteiger partial charge < -0.3 is 10.8 Å². The molecule has 0 saturated carbocycles. The zero-order chi connectivity index (χ0) is 10.7. The lowest BCUT2D eigenvalue weighted by Crippen LogP contribution is -2.11. The van der Waals surface area contributed by atoms with E-state index in [4.69, 9.17) is 5.73 Å². The molecule has 14 heavy (non-hydrogen) atoms. The molecule has 0 aromatic heterocycles. The summed E-state index contributed by atoms with van der Waals surface area (Å²) in [6.07, 6.45) is 0.323. The van der Waals surface area contributed by atoms with Crippen molar-refractivity contribution < 1.29 is 9.50 Å². The van der Waals surface area contributed by atoms with Crippen LogP contribution in [0, 0.1) is 13.8 Å². The van der Waals surface area contributed by atoms with E-state index in [2.05, 4.69) is 0 Å². The van der Waals surface area contributed by atoms with Gasteiger partial charge in [-0.1, -0.05) is 12.1 Å². The first kappa shape index (κ1) is 11.0. The highest BCUT2D eigenvalue weighted by molar-refractivity contribution is 5.43. The Morgan fingerprint density at radius 3 is 2.29 bits per heavy atom. The Bertz CT molecular complexity index is 302. The van der Waals surface area contributed by atoms with Crippen LogP contribution in [-0.4, -0.2) is 11.8 Å². The van der Waals surface area contributed by atoms with Crippen LogP contribution in [0.15, 0.2) is 12.1 Å². The second kappa shape index (κ2) is 4.42. The van der Waals surface area contributed by atoms with E-state index in [0.717, 1.165) is 16.7 Å². The zero-order valence-electron chi connectivity index (χ0n) is 8.55. The molecule has 0 aliphatic rings. The standard InChI is InChI=1S/C11H16FNO/c1-7-5-9(10(13)3-4-12)6-8(2)11(7)14/h5-6,10,14H,3-4,13H2,1-2H3/t10-/m1/s1. The van der Waals surface area contributed by atoms with E-state index < -0.39 is 6.67 Å². The summed E-state index contributed by atoms with van der Waals surface area (Å²) in [7, 11) is 0. The summed E-state index contributed by atoms with van der Waals surface area (Å²) in [6.45, 7) is 3.21. The first-order valence-electron chi connectivity index (χ1n) is 4.68. The molecule has 1 aromatic carbocycles. The number of hydrogen-bond donors (Lipinski definition) is 2. The predicted molar refractivity (Wildman–Crippen MR) is 55.1 cm³/mol. The van der Waals surface area contributed by atoms with E-state index in [9.17, 15) is 9.50 Å². The van der Waals surface area contributed by atoms with Crippen molar-refractivity contribution >= 4 is 0 Å². The summed E-state index contributed by atoms with van der Waals surface area (Å²) in [5, 5.41) is 9.53. The van der Waals surface area contributed by atoms with Gasteiger partial charge in [0.25, 0.3) is 0 Å². The molecule has 0 aliphatic heterocycles. The van der Waals surface area contributed by atoms with E-state index in [-0.39, 0.29) is 6.04 Å². The van der Waals surface area contributed by atoms with Crippen LogP contribution in [0.3, 0.4) is 0 Å². The number of hydrogen-bond acceptors (Lipinski definition) is 2. The quantitative estimate of drug-likeness (QED) is 0.781. The third-order valence-corrected chi connectivity index (χ3v) is 2.36. The first-order valence-corrected chi connectivity index (χ1v) is 4.68. The topological polar surface area (TPSA) is 46.2 Å². The molecule has 0 radical (unpaired) electrons. The number of rotatable bonds is 3. The van der Waals surface area contributed by atoms with E-state index in [1.165, 1.54) is 0 Å². The fourth-order valence-electron chi connectivity index (χ4n) is 1.49. The van der Waals surface area contributed by atoms with Crippen molar-refractivity contribution in [1.82, 2.24) is 0 Å². The second-order valence-corrected chi connectivity index (χ2v) is 3.59.